The molecule has 4 nitrogen and oxygen atoms in total. The van der Waals surface area contributed by atoms with Crippen molar-refractivity contribution in [3.8, 4) is 5.75 Å². The molecule has 1 atom stereocenters. The number of hydrogen-bond donors (Lipinski definition) is 1. The molecule has 1 N–H and O–H groups in total. The van der Waals surface area contributed by atoms with E-state index in [0.717, 1.165) is 48.7 Å². The van der Waals surface area contributed by atoms with Crippen LogP contribution in [0.4, 0.5) is 5.69 Å². The van der Waals surface area contributed by atoms with E-state index in [2.05, 4.69) is 10.2 Å². The Kier molecular flexibility index (Phi) is 6.17. The van der Waals surface area contributed by atoms with Crippen LogP contribution >= 0.6 is 11.6 Å². The maximum atomic E-state index is 12.8. The van der Waals surface area contributed by atoms with Gasteiger partial charge >= 0.3 is 0 Å². The third kappa shape index (κ3) is 4.77. The SMILES string of the molecule is COc1ccc(C)cc1NC(=O)[C@H]1CCCN(Cc2ccc(Cl)cc2)C1. The molecule has 0 aliphatic carbocycles. The van der Waals surface area contributed by atoms with Crippen molar-refractivity contribution in [2.24, 2.45) is 5.92 Å². The van der Waals surface area contributed by atoms with Crippen LogP contribution in [0.5, 0.6) is 5.75 Å². The van der Waals surface area contributed by atoms with E-state index in [9.17, 15) is 4.79 Å². The van der Waals surface area contributed by atoms with E-state index in [1.54, 1.807) is 7.11 Å². The van der Waals surface area contributed by atoms with Gasteiger partial charge in [-0.2, -0.15) is 0 Å². The zero-order chi connectivity index (χ0) is 18.5. The van der Waals surface area contributed by atoms with E-state index in [4.69, 9.17) is 16.3 Å². The summed E-state index contributed by atoms with van der Waals surface area (Å²) in [5.74, 6) is 0.744. The molecule has 5 heteroatoms. The number of carbonyl (C=O) groups is 1. The Labute approximate surface area is 160 Å². The van der Waals surface area contributed by atoms with Gasteiger partial charge in [0.2, 0.25) is 5.91 Å². The molecule has 0 spiro atoms. The predicted octanol–water partition coefficient (Wildman–Crippen LogP) is 4.51. The summed E-state index contributed by atoms with van der Waals surface area (Å²) in [6.07, 6.45) is 1.94. The third-order valence-corrected chi connectivity index (χ3v) is 5.06. The summed E-state index contributed by atoms with van der Waals surface area (Å²) in [6, 6.07) is 13.7. The fourth-order valence-corrected chi connectivity index (χ4v) is 3.54. The number of rotatable bonds is 5. The van der Waals surface area contributed by atoms with E-state index >= 15 is 0 Å². The highest BCUT2D eigenvalue weighted by atomic mass is 35.5. The molecule has 0 unspecified atom stereocenters. The molecule has 1 aliphatic rings. The Bertz CT molecular complexity index is 761. The van der Waals surface area contributed by atoms with Crippen LogP contribution in [0.25, 0.3) is 0 Å². The highest BCUT2D eigenvalue weighted by molar-refractivity contribution is 6.30. The average molecular weight is 373 g/mol. The first-order valence-corrected chi connectivity index (χ1v) is 9.35. The number of carbonyl (C=O) groups excluding carboxylic acids is 1. The van der Waals surface area contributed by atoms with Gasteiger partial charge in [-0.25, -0.2) is 0 Å². The Morgan fingerprint density at radius 1 is 1.27 bits per heavy atom. The Morgan fingerprint density at radius 3 is 2.77 bits per heavy atom. The minimum absolute atomic E-state index is 0.0127. The number of benzene rings is 2. The number of likely N-dealkylation sites (tertiary alicyclic amines) is 1. The van der Waals surface area contributed by atoms with Crippen LogP contribution in [-0.2, 0) is 11.3 Å². The Morgan fingerprint density at radius 2 is 2.04 bits per heavy atom. The van der Waals surface area contributed by atoms with Crippen molar-refractivity contribution >= 4 is 23.2 Å². The predicted molar refractivity (Wildman–Crippen MR) is 106 cm³/mol. The second kappa shape index (κ2) is 8.56. The molecule has 0 radical (unpaired) electrons. The van der Waals surface area contributed by atoms with Gasteiger partial charge in [0.25, 0.3) is 0 Å². The number of aryl methyl sites for hydroxylation is 1. The quantitative estimate of drug-likeness (QED) is 0.839. The fourth-order valence-electron chi connectivity index (χ4n) is 3.42. The number of ether oxygens (including phenoxy) is 1. The second-order valence-electron chi connectivity index (χ2n) is 6.89. The van der Waals surface area contributed by atoms with Crippen molar-refractivity contribution in [1.29, 1.82) is 0 Å². The summed E-state index contributed by atoms with van der Waals surface area (Å²) in [5.41, 5.74) is 3.05. The van der Waals surface area contributed by atoms with Gasteiger partial charge < -0.3 is 10.1 Å². The maximum Gasteiger partial charge on any atom is 0.228 e. The summed E-state index contributed by atoms with van der Waals surface area (Å²) in [5, 5.41) is 3.80. The van der Waals surface area contributed by atoms with E-state index < -0.39 is 0 Å². The highest BCUT2D eigenvalue weighted by Crippen LogP contribution is 2.27. The van der Waals surface area contributed by atoms with Gasteiger partial charge in [-0.15, -0.1) is 0 Å². The molecule has 1 fully saturated rings. The molecule has 26 heavy (non-hydrogen) atoms. The molecule has 2 aromatic carbocycles. The summed E-state index contributed by atoms with van der Waals surface area (Å²) < 4.78 is 5.36. The number of nitrogens with one attached hydrogen (secondary N) is 1. The average Bonchev–Trinajstić information content (AvgIpc) is 2.64. The van der Waals surface area contributed by atoms with Crippen molar-refractivity contribution in [2.75, 3.05) is 25.5 Å². The molecule has 1 amide bonds. The molecule has 3 rings (SSSR count). The summed E-state index contributed by atoms with van der Waals surface area (Å²) >= 11 is 5.96. The second-order valence-corrected chi connectivity index (χ2v) is 7.33. The van der Waals surface area contributed by atoms with Crippen LogP contribution < -0.4 is 10.1 Å². The standard InChI is InChI=1S/C21H25ClN2O2/c1-15-5-10-20(26-2)19(12-15)23-21(25)17-4-3-11-24(14-17)13-16-6-8-18(22)9-7-16/h5-10,12,17H,3-4,11,13-14H2,1-2H3,(H,23,25)/t17-/m0/s1. The number of amides is 1. The van der Waals surface area contributed by atoms with Crippen molar-refractivity contribution in [3.63, 3.8) is 0 Å². The molecule has 1 saturated heterocycles. The minimum atomic E-state index is -0.0127. The smallest absolute Gasteiger partial charge is 0.228 e. The van der Waals surface area contributed by atoms with Crippen LogP contribution in [0.1, 0.15) is 24.0 Å². The maximum absolute atomic E-state index is 12.8. The van der Waals surface area contributed by atoms with Crippen LogP contribution in [0, 0.1) is 12.8 Å². The van der Waals surface area contributed by atoms with Crippen LogP contribution in [0.15, 0.2) is 42.5 Å². The first kappa shape index (κ1) is 18.7. The van der Waals surface area contributed by atoms with Crippen LogP contribution in [0.3, 0.4) is 0 Å². The number of halogens is 1. The molecular weight excluding hydrogens is 348 g/mol. The molecular formula is C21H25ClN2O2. The van der Waals surface area contributed by atoms with Gasteiger partial charge in [0, 0.05) is 18.1 Å². The molecule has 0 bridgehead atoms. The lowest BCUT2D eigenvalue weighted by Gasteiger charge is -2.32. The number of methoxy groups -OCH3 is 1. The van der Waals surface area contributed by atoms with Crippen LogP contribution in [0.2, 0.25) is 5.02 Å². The molecule has 0 saturated carbocycles. The topological polar surface area (TPSA) is 41.6 Å². The number of piperidine rings is 1. The lowest BCUT2D eigenvalue weighted by atomic mass is 9.96. The van der Waals surface area contributed by atoms with E-state index in [1.807, 2.05) is 49.4 Å². The van der Waals surface area contributed by atoms with Crippen molar-refractivity contribution in [2.45, 2.75) is 26.3 Å². The van der Waals surface area contributed by atoms with Crippen molar-refractivity contribution < 1.29 is 9.53 Å². The third-order valence-electron chi connectivity index (χ3n) is 4.81. The molecule has 0 aromatic heterocycles. The Balaban J connectivity index is 1.62. The number of hydrogen-bond acceptors (Lipinski definition) is 3. The first-order valence-electron chi connectivity index (χ1n) is 8.97. The van der Waals surface area contributed by atoms with Gasteiger partial charge in [0.1, 0.15) is 5.75 Å². The number of nitrogens with zero attached hydrogens (tertiary/aromatic N) is 1. The Hall–Kier alpha value is -2.04. The number of anilines is 1. The lowest BCUT2D eigenvalue weighted by molar-refractivity contribution is -0.121. The summed E-state index contributed by atoms with van der Waals surface area (Å²) in [4.78, 5) is 15.1. The first-order chi connectivity index (χ1) is 12.5. The monoisotopic (exact) mass is 372 g/mol. The zero-order valence-corrected chi connectivity index (χ0v) is 16.1. The van der Waals surface area contributed by atoms with E-state index in [0.29, 0.717) is 5.75 Å². The highest BCUT2D eigenvalue weighted by Gasteiger charge is 2.26. The van der Waals surface area contributed by atoms with Gasteiger partial charge in [0.15, 0.2) is 0 Å². The molecule has 2 aromatic rings. The molecule has 1 heterocycles. The van der Waals surface area contributed by atoms with E-state index in [1.165, 1.54) is 5.56 Å². The van der Waals surface area contributed by atoms with E-state index in [-0.39, 0.29) is 11.8 Å². The van der Waals surface area contributed by atoms with Crippen molar-refractivity contribution in [3.05, 3.63) is 58.6 Å². The normalized spacial score (nSPS) is 17.7. The molecule has 1 aliphatic heterocycles. The lowest BCUT2D eigenvalue weighted by Crippen LogP contribution is -2.40. The zero-order valence-electron chi connectivity index (χ0n) is 15.3. The molecule has 138 valence electrons. The largest absolute Gasteiger partial charge is 0.495 e. The fraction of sp³-hybridized carbons (Fsp3) is 0.381. The van der Waals surface area contributed by atoms with Gasteiger partial charge in [0.05, 0.1) is 18.7 Å². The summed E-state index contributed by atoms with van der Waals surface area (Å²) in [6.45, 7) is 4.63. The van der Waals surface area contributed by atoms with Crippen LogP contribution in [-0.4, -0.2) is 31.0 Å². The van der Waals surface area contributed by atoms with Gasteiger partial charge in [-0.1, -0.05) is 29.8 Å². The van der Waals surface area contributed by atoms with Crippen molar-refractivity contribution in [1.82, 2.24) is 4.90 Å². The minimum Gasteiger partial charge on any atom is -0.495 e. The van der Waals surface area contributed by atoms with Gasteiger partial charge in [-0.05, 0) is 61.7 Å². The summed E-state index contributed by atoms with van der Waals surface area (Å²) in [7, 11) is 1.62. The van der Waals surface area contributed by atoms with Gasteiger partial charge in [-0.3, -0.25) is 9.69 Å².